The monoisotopic (exact) mass is 315 g/mol. The predicted octanol–water partition coefficient (Wildman–Crippen LogP) is 4.87. The number of thiophene rings is 1. The third-order valence-corrected chi connectivity index (χ3v) is 5.33. The van der Waals surface area contributed by atoms with Crippen LogP contribution in [0.3, 0.4) is 0 Å². The Kier molecular flexibility index (Phi) is 2.26. The third-order valence-electron chi connectivity index (χ3n) is 3.41. The highest BCUT2D eigenvalue weighted by molar-refractivity contribution is 9.10. The highest BCUT2D eigenvalue weighted by Crippen LogP contribution is 2.46. The van der Waals surface area contributed by atoms with E-state index in [2.05, 4.69) is 68.5 Å². The van der Waals surface area contributed by atoms with Crippen molar-refractivity contribution in [1.29, 1.82) is 0 Å². The summed E-state index contributed by atoms with van der Waals surface area (Å²) in [5.74, 6) is 0. The summed E-state index contributed by atoms with van der Waals surface area (Å²) in [5, 5.41) is 2.19. The molecule has 3 heteroatoms. The van der Waals surface area contributed by atoms with Crippen LogP contribution in [0.4, 0.5) is 0 Å². The van der Waals surface area contributed by atoms with E-state index in [1.165, 1.54) is 31.9 Å². The molecule has 0 bridgehead atoms. The molecule has 2 aromatic heterocycles. The zero-order valence-corrected chi connectivity index (χ0v) is 12.0. The molecule has 0 unspecified atom stereocenters. The van der Waals surface area contributed by atoms with E-state index in [0.717, 1.165) is 6.42 Å². The van der Waals surface area contributed by atoms with Gasteiger partial charge in [0, 0.05) is 38.6 Å². The maximum Gasteiger partial charge on any atom is 0.0586 e. The molecule has 1 aliphatic rings. The second-order valence-electron chi connectivity index (χ2n) is 4.45. The smallest absolute Gasteiger partial charge is 0.0586 e. The van der Waals surface area contributed by atoms with Crippen LogP contribution in [0.5, 0.6) is 0 Å². The van der Waals surface area contributed by atoms with Crippen molar-refractivity contribution in [2.24, 2.45) is 0 Å². The van der Waals surface area contributed by atoms with Gasteiger partial charge < -0.3 is 4.57 Å². The van der Waals surface area contributed by atoms with Crippen molar-refractivity contribution in [3.63, 3.8) is 0 Å². The first-order chi connectivity index (χ1) is 8.84. The van der Waals surface area contributed by atoms with E-state index in [1.54, 1.807) is 0 Å². The molecule has 0 saturated carbocycles. The summed E-state index contributed by atoms with van der Waals surface area (Å²) < 4.78 is 3.51. The van der Waals surface area contributed by atoms with Crippen LogP contribution in [0.25, 0.3) is 16.9 Å². The number of fused-ring (bicyclic) bond motifs is 3. The van der Waals surface area contributed by atoms with E-state index in [0.29, 0.717) is 0 Å². The van der Waals surface area contributed by atoms with Crippen LogP contribution in [0.2, 0.25) is 0 Å². The Bertz CT molecular complexity index is 724. The van der Waals surface area contributed by atoms with Crippen LogP contribution in [0.1, 0.15) is 10.4 Å². The zero-order chi connectivity index (χ0) is 12.1. The number of halogens is 1. The number of hydrogen-bond donors (Lipinski definition) is 0. The van der Waals surface area contributed by atoms with Crippen molar-refractivity contribution >= 4 is 27.3 Å². The minimum absolute atomic E-state index is 1.07. The molecule has 0 aliphatic heterocycles. The molecule has 0 spiro atoms. The molecule has 88 valence electrons. The van der Waals surface area contributed by atoms with Crippen LogP contribution in [-0.4, -0.2) is 4.57 Å². The van der Waals surface area contributed by atoms with Crippen molar-refractivity contribution in [3.05, 3.63) is 62.9 Å². The van der Waals surface area contributed by atoms with Crippen LogP contribution >= 0.6 is 27.3 Å². The van der Waals surface area contributed by atoms with E-state index in [4.69, 9.17) is 0 Å². The van der Waals surface area contributed by atoms with Crippen LogP contribution in [0.15, 0.2) is 52.4 Å². The quantitative estimate of drug-likeness (QED) is 0.472. The molecule has 1 nitrogen and oxygen atoms in total. The van der Waals surface area contributed by atoms with Gasteiger partial charge in [0.15, 0.2) is 0 Å². The molecule has 1 aromatic carbocycles. The number of para-hydroxylation sites is 1. The Morgan fingerprint density at radius 3 is 2.78 bits per heavy atom. The van der Waals surface area contributed by atoms with E-state index in [1.807, 2.05) is 11.3 Å². The number of hydrogen-bond acceptors (Lipinski definition) is 1. The first-order valence-electron chi connectivity index (χ1n) is 5.86. The number of nitrogens with zero attached hydrogens (tertiary/aromatic N) is 1. The standard InChI is InChI=1S/C15H10BrNS/c16-12-9-18-13-8-10-6-7-17(15(10)14(12)13)11-4-2-1-3-5-11/h1-7,9H,8H2. The average Bonchev–Trinajstić information content (AvgIpc) is 3.03. The molecule has 0 saturated heterocycles. The number of aromatic nitrogens is 1. The topological polar surface area (TPSA) is 4.93 Å². The van der Waals surface area contributed by atoms with Gasteiger partial charge >= 0.3 is 0 Å². The average molecular weight is 316 g/mol. The highest BCUT2D eigenvalue weighted by atomic mass is 79.9. The Hall–Kier alpha value is -1.32. The minimum Gasteiger partial charge on any atom is -0.316 e. The van der Waals surface area contributed by atoms with Gasteiger partial charge in [-0.1, -0.05) is 18.2 Å². The fraction of sp³-hybridized carbons (Fsp3) is 0.0667. The summed E-state index contributed by atoms with van der Waals surface area (Å²) in [6.07, 6.45) is 3.24. The predicted molar refractivity (Wildman–Crippen MR) is 79.6 cm³/mol. The van der Waals surface area contributed by atoms with Gasteiger partial charge in [0.25, 0.3) is 0 Å². The molecule has 0 amide bonds. The minimum atomic E-state index is 1.07. The first kappa shape index (κ1) is 10.6. The Morgan fingerprint density at radius 2 is 1.94 bits per heavy atom. The zero-order valence-electron chi connectivity index (χ0n) is 9.56. The van der Waals surface area contributed by atoms with Crippen LogP contribution < -0.4 is 0 Å². The normalized spacial score (nSPS) is 12.5. The molecule has 18 heavy (non-hydrogen) atoms. The Morgan fingerprint density at radius 1 is 1.11 bits per heavy atom. The maximum absolute atomic E-state index is 3.68. The van der Waals surface area contributed by atoms with Gasteiger partial charge in [0.2, 0.25) is 0 Å². The Labute approximate surface area is 118 Å². The van der Waals surface area contributed by atoms with Crippen molar-refractivity contribution in [2.75, 3.05) is 0 Å². The lowest BCUT2D eigenvalue weighted by Crippen LogP contribution is -1.93. The summed E-state index contributed by atoms with van der Waals surface area (Å²) in [6, 6.07) is 12.8. The molecular formula is C15H10BrNS. The van der Waals surface area contributed by atoms with E-state index < -0.39 is 0 Å². The summed E-state index contributed by atoms with van der Waals surface area (Å²) in [7, 11) is 0. The van der Waals surface area contributed by atoms with E-state index in [9.17, 15) is 0 Å². The Balaban J connectivity index is 1.99. The molecule has 1 aliphatic carbocycles. The van der Waals surface area contributed by atoms with Crippen LogP contribution in [-0.2, 0) is 6.42 Å². The van der Waals surface area contributed by atoms with E-state index in [-0.39, 0.29) is 0 Å². The van der Waals surface area contributed by atoms with Crippen LogP contribution in [0, 0.1) is 0 Å². The van der Waals surface area contributed by atoms with Gasteiger partial charge in [-0.05, 0) is 39.7 Å². The van der Waals surface area contributed by atoms with Gasteiger partial charge in [-0.3, -0.25) is 0 Å². The lowest BCUT2D eigenvalue weighted by molar-refractivity contribution is 1.09. The second-order valence-corrected chi connectivity index (χ2v) is 6.27. The van der Waals surface area contributed by atoms with Gasteiger partial charge in [-0.2, -0.15) is 0 Å². The molecular weight excluding hydrogens is 306 g/mol. The summed E-state index contributed by atoms with van der Waals surface area (Å²) in [5.41, 5.74) is 5.39. The molecule has 0 N–H and O–H groups in total. The molecule has 0 radical (unpaired) electrons. The lowest BCUT2D eigenvalue weighted by Gasteiger charge is -2.08. The third kappa shape index (κ3) is 1.38. The van der Waals surface area contributed by atoms with Gasteiger partial charge in [0.1, 0.15) is 0 Å². The highest BCUT2D eigenvalue weighted by Gasteiger charge is 2.26. The molecule has 0 atom stereocenters. The fourth-order valence-corrected chi connectivity index (χ4v) is 4.39. The molecule has 4 rings (SSSR count). The van der Waals surface area contributed by atoms with Crippen molar-refractivity contribution in [3.8, 4) is 16.9 Å². The summed E-state index contributed by atoms with van der Waals surface area (Å²) >= 11 is 5.52. The van der Waals surface area contributed by atoms with E-state index >= 15 is 0 Å². The first-order valence-corrected chi connectivity index (χ1v) is 7.54. The fourth-order valence-electron chi connectivity index (χ4n) is 2.62. The SMILES string of the molecule is Brc1csc2c1-c1c(ccn1-c1ccccc1)C2. The summed E-state index contributed by atoms with van der Waals surface area (Å²) in [4.78, 5) is 1.47. The number of rotatable bonds is 1. The lowest BCUT2D eigenvalue weighted by atomic mass is 10.2. The largest absolute Gasteiger partial charge is 0.316 e. The number of benzene rings is 1. The van der Waals surface area contributed by atoms with Crippen molar-refractivity contribution in [1.82, 2.24) is 4.57 Å². The molecule has 3 aromatic rings. The van der Waals surface area contributed by atoms with Crippen molar-refractivity contribution < 1.29 is 0 Å². The van der Waals surface area contributed by atoms with Gasteiger partial charge in [0.05, 0.1) is 5.69 Å². The molecule has 2 heterocycles. The van der Waals surface area contributed by atoms with Gasteiger partial charge in [-0.15, -0.1) is 11.3 Å². The second kappa shape index (κ2) is 3.84. The maximum atomic E-state index is 3.68. The van der Waals surface area contributed by atoms with Crippen molar-refractivity contribution in [2.45, 2.75) is 6.42 Å². The molecule has 0 fully saturated rings. The van der Waals surface area contributed by atoms with Gasteiger partial charge in [-0.25, -0.2) is 0 Å². The summed E-state index contributed by atoms with van der Waals surface area (Å²) in [6.45, 7) is 0.